The molecule has 96 valence electrons. The molecule has 18 heavy (non-hydrogen) atoms. The van der Waals surface area contributed by atoms with Gasteiger partial charge in [-0.05, 0) is 25.8 Å². The quantitative estimate of drug-likeness (QED) is 0.770. The molecule has 2 aromatic heterocycles. The summed E-state index contributed by atoms with van der Waals surface area (Å²) in [5.74, 6) is 0.155. The molecule has 2 heterocycles. The molecule has 0 aliphatic heterocycles. The first kappa shape index (κ1) is 12.5. The van der Waals surface area contributed by atoms with Gasteiger partial charge in [0.2, 0.25) is 0 Å². The molecule has 0 unspecified atom stereocenters. The zero-order valence-corrected chi connectivity index (χ0v) is 11.3. The fourth-order valence-corrected chi connectivity index (χ4v) is 2.16. The van der Waals surface area contributed by atoms with Crippen LogP contribution in [0.4, 0.5) is 0 Å². The van der Waals surface area contributed by atoms with Crippen LogP contribution < -0.4 is 0 Å². The Morgan fingerprint density at radius 2 is 2.06 bits per heavy atom. The Balaban J connectivity index is 2.08. The van der Waals surface area contributed by atoms with Crippen molar-refractivity contribution in [2.24, 2.45) is 14.1 Å². The molecule has 0 fully saturated rings. The fourth-order valence-electron chi connectivity index (χ4n) is 2.16. The maximum atomic E-state index is 12.2. The van der Waals surface area contributed by atoms with Crippen LogP contribution in [0.3, 0.4) is 0 Å². The van der Waals surface area contributed by atoms with E-state index < -0.39 is 0 Å². The molecule has 0 aromatic carbocycles. The van der Waals surface area contributed by atoms with Gasteiger partial charge in [0.15, 0.2) is 5.78 Å². The van der Waals surface area contributed by atoms with Crippen LogP contribution in [0.2, 0.25) is 0 Å². The van der Waals surface area contributed by atoms with Crippen molar-refractivity contribution < 1.29 is 4.79 Å². The Labute approximate surface area is 106 Å². The van der Waals surface area contributed by atoms with E-state index in [9.17, 15) is 4.79 Å². The van der Waals surface area contributed by atoms with Gasteiger partial charge < -0.3 is 0 Å². The molecule has 0 aliphatic carbocycles. The molecule has 2 aromatic rings. The fraction of sp³-hybridized carbons (Fsp3) is 0.462. The normalized spacial score (nSPS) is 10.9. The lowest BCUT2D eigenvalue weighted by Gasteiger charge is -2.00. The van der Waals surface area contributed by atoms with E-state index in [1.54, 1.807) is 15.6 Å². The Hall–Kier alpha value is -1.91. The third-order valence-electron chi connectivity index (χ3n) is 3.19. The van der Waals surface area contributed by atoms with Gasteiger partial charge in [-0.1, -0.05) is 0 Å². The molecule has 0 aliphatic rings. The first-order valence-electron chi connectivity index (χ1n) is 6.00. The molecule has 2 rings (SSSR count). The molecule has 5 nitrogen and oxygen atoms in total. The van der Waals surface area contributed by atoms with Crippen molar-refractivity contribution in [1.82, 2.24) is 19.6 Å². The Morgan fingerprint density at radius 1 is 1.33 bits per heavy atom. The average Bonchev–Trinajstić information content (AvgIpc) is 2.82. The molecule has 0 radical (unpaired) electrons. The Morgan fingerprint density at radius 3 is 2.56 bits per heavy atom. The van der Waals surface area contributed by atoms with Gasteiger partial charge in [0.05, 0.1) is 17.5 Å². The van der Waals surface area contributed by atoms with Crippen molar-refractivity contribution in [3.8, 4) is 0 Å². The van der Waals surface area contributed by atoms with Crippen LogP contribution in [-0.4, -0.2) is 25.3 Å². The first-order valence-corrected chi connectivity index (χ1v) is 6.00. The second-order valence-electron chi connectivity index (χ2n) is 4.61. The zero-order chi connectivity index (χ0) is 13.3. The van der Waals surface area contributed by atoms with Crippen LogP contribution in [0.25, 0.3) is 0 Å². The summed E-state index contributed by atoms with van der Waals surface area (Å²) in [6.45, 7) is 3.81. The molecule has 0 spiro atoms. The summed E-state index contributed by atoms with van der Waals surface area (Å²) in [5, 5.41) is 8.37. The topological polar surface area (TPSA) is 52.7 Å². The summed E-state index contributed by atoms with van der Waals surface area (Å²) in [6, 6.07) is 0. The lowest BCUT2D eigenvalue weighted by Crippen LogP contribution is -2.04. The number of Topliss-reactive ketones (excluding diaryl/α,β-unsaturated/α-hetero) is 1. The molecule has 5 heteroatoms. The molecule has 0 amide bonds. The van der Waals surface area contributed by atoms with E-state index in [0.717, 1.165) is 28.9 Å². The highest BCUT2D eigenvalue weighted by molar-refractivity contribution is 5.98. The predicted molar refractivity (Wildman–Crippen MR) is 68.5 cm³/mol. The van der Waals surface area contributed by atoms with Crippen molar-refractivity contribution in [2.75, 3.05) is 0 Å². The summed E-state index contributed by atoms with van der Waals surface area (Å²) in [7, 11) is 3.74. The third kappa shape index (κ3) is 2.34. The number of hydrogen-bond donors (Lipinski definition) is 0. The number of aryl methyl sites for hydroxylation is 4. The first-order chi connectivity index (χ1) is 8.49. The summed E-state index contributed by atoms with van der Waals surface area (Å²) in [6.07, 6.45) is 4.96. The van der Waals surface area contributed by atoms with E-state index in [0.29, 0.717) is 6.42 Å². The molecular formula is C13H18N4O. The van der Waals surface area contributed by atoms with E-state index in [2.05, 4.69) is 10.2 Å². The lowest BCUT2D eigenvalue weighted by molar-refractivity contribution is 0.0981. The SMILES string of the molecule is Cc1nn(C)c(C)c1C(=O)CCc1cnn(C)c1. The number of rotatable bonds is 4. The standard InChI is InChI=1S/C13H18N4O/c1-9-13(10(2)17(4)15-9)12(18)6-5-11-7-14-16(3)8-11/h7-8H,5-6H2,1-4H3. The van der Waals surface area contributed by atoms with Gasteiger partial charge in [0.1, 0.15) is 0 Å². The maximum Gasteiger partial charge on any atom is 0.166 e. The zero-order valence-electron chi connectivity index (χ0n) is 11.3. The van der Waals surface area contributed by atoms with E-state index in [-0.39, 0.29) is 5.78 Å². The maximum absolute atomic E-state index is 12.2. The second-order valence-corrected chi connectivity index (χ2v) is 4.61. The minimum atomic E-state index is 0.155. The lowest BCUT2D eigenvalue weighted by atomic mass is 10.0. The summed E-state index contributed by atoms with van der Waals surface area (Å²) < 4.78 is 3.51. The van der Waals surface area contributed by atoms with Crippen molar-refractivity contribution >= 4 is 5.78 Å². The van der Waals surface area contributed by atoms with Gasteiger partial charge in [-0.25, -0.2) is 0 Å². The largest absolute Gasteiger partial charge is 0.294 e. The Bertz CT molecular complexity index is 580. The minimum Gasteiger partial charge on any atom is -0.294 e. The second kappa shape index (κ2) is 4.76. The van der Waals surface area contributed by atoms with Crippen LogP contribution in [-0.2, 0) is 20.5 Å². The van der Waals surface area contributed by atoms with Crippen molar-refractivity contribution in [3.63, 3.8) is 0 Å². The summed E-state index contributed by atoms with van der Waals surface area (Å²) in [5.41, 5.74) is 3.60. The van der Waals surface area contributed by atoms with Gasteiger partial charge in [-0.15, -0.1) is 0 Å². The smallest absolute Gasteiger partial charge is 0.166 e. The molecule has 0 bridgehead atoms. The average molecular weight is 246 g/mol. The molecule has 0 atom stereocenters. The van der Waals surface area contributed by atoms with Gasteiger partial charge in [-0.2, -0.15) is 10.2 Å². The van der Waals surface area contributed by atoms with Crippen molar-refractivity contribution in [1.29, 1.82) is 0 Å². The van der Waals surface area contributed by atoms with Crippen LogP contribution in [0.5, 0.6) is 0 Å². The highest BCUT2D eigenvalue weighted by atomic mass is 16.1. The van der Waals surface area contributed by atoms with Gasteiger partial charge in [-0.3, -0.25) is 14.2 Å². The van der Waals surface area contributed by atoms with Crippen molar-refractivity contribution in [3.05, 3.63) is 34.9 Å². The van der Waals surface area contributed by atoms with Crippen LogP contribution in [0.15, 0.2) is 12.4 Å². The highest BCUT2D eigenvalue weighted by Gasteiger charge is 2.17. The van der Waals surface area contributed by atoms with E-state index in [4.69, 9.17) is 0 Å². The predicted octanol–water partition coefficient (Wildman–Crippen LogP) is 1.59. The van der Waals surface area contributed by atoms with Crippen LogP contribution in [0, 0.1) is 13.8 Å². The highest BCUT2D eigenvalue weighted by Crippen LogP contribution is 2.15. The monoisotopic (exact) mass is 246 g/mol. The Kier molecular flexibility index (Phi) is 3.32. The number of aromatic nitrogens is 4. The van der Waals surface area contributed by atoms with Gasteiger partial charge >= 0.3 is 0 Å². The van der Waals surface area contributed by atoms with Crippen LogP contribution >= 0.6 is 0 Å². The van der Waals surface area contributed by atoms with Gasteiger partial charge in [0, 0.05) is 32.4 Å². The number of carbonyl (C=O) groups is 1. The van der Waals surface area contributed by atoms with E-state index >= 15 is 0 Å². The van der Waals surface area contributed by atoms with Crippen LogP contribution in [0.1, 0.15) is 33.7 Å². The summed E-state index contributed by atoms with van der Waals surface area (Å²) >= 11 is 0. The third-order valence-corrected chi connectivity index (χ3v) is 3.19. The molecule has 0 N–H and O–H groups in total. The number of hydrogen-bond acceptors (Lipinski definition) is 3. The van der Waals surface area contributed by atoms with E-state index in [1.807, 2.05) is 34.1 Å². The van der Waals surface area contributed by atoms with Crippen molar-refractivity contribution in [2.45, 2.75) is 26.7 Å². The number of nitrogens with zero attached hydrogens (tertiary/aromatic N) is 4. The molecule has 0 saturated heterocycles. The molecule has 0 saturated carbocycles. The number of ketones is 1. The number of carbonyl (C=O) groups excluding carboxylic acids is 1. The van der Waals surface area contributed by atoms with E-state index in [1.165, 1.54) is 0 Å². The summed E-state index contributed by atoms with van der Waals surface area (Å²) in [4.78, 5) is 12.2. The van der Waals surface area contributed by atoms with Gasteiger partial charge in [0.25, 0.3) is 0 Å². The minimum absolute atomic E-state index is 0.155. The molecular weight excluding hydrogens is 228 g/mol.